The molecule has 0 saturated heterocycles. The Balaban J connectivity index is 3.13. The van der Waals surface area contributed by atoms with Crippen LogP contribution in [0.2, 0.25) is 0 Å². The number of hydrogen-bond donors (Lipinski definition) is 4. The highest BCUT2D eigenvalue weighted by molar-refractivity contribution is 6.00. The first kappa shape index (κ1) is 32.6. The van der Waals surface area contributed by atoms with Gasteiger partial charge in [-0.15, -0.1) is 0 Å². The van der Waals surface area contributed by atoms with Gasteiger partial charge in [0.2, 0.25) is 5.91 Å². The van der Waals surface area contributed by atoms with E-state index >= 15 is 0 Å². The predicted octanol–water partition coefficient (Wildman–Crippen LogP) is 3.53. The molecule has 0 heterocycles. The first-order chi connectivity index (χ1) is 17.3. The Labute approximate surface area is 223 Å². The lowest BCUT2D eigenvalue weighted by Crippen LogP contribution is -2.53. The van der Waals surface area contributed by atoms with E-state index in [1.807, 2.05) is 41.5 Å². The van der Waals surface area contributed by atoms with Crippen LogP contribution in [-0.4, -0.2) is 70.7 Å². The minimum atomic E-state index is -1.36. The molecule has 0 aliphatic carbocycles. The van der Waals surface area contributed by atoms with Crippen LogP contribution in [0, 0.1) is 24.7 Å². The first-order valence-corrected chi connectivity index (χ1v) is 13.7. The normalized spacial score (nSPS) is 14.7. The fourth-order valence-electron chi connectivity index (χ4n) is 4.23. The van der Waals surface area contributed by atoms with Gasteiger partial charge in [0.25, 0.3) is 11.8 Å². The minimum absolute atomic E-state index is 0.114. The molecule has 1 aromatic carbocycles. The third-order valence-corrected chi connectivity index (χ3v) is 6.42. The smallest absolute Gasteiger partial charge is 0.253 e. The van der Waals surface area contributed by atoms with Gasteiger partial charge in [0, 0.05) is 30.8 Å². The summed E-state index contributed by atoms with van der Waals surface area (Å²) in [5.41, 5.74) is 1.48. The summed E-state index contributed by atoms with van der Waals surface area (Å²) in [5, 5.41) is 27.5. The zero-order valence-corrected chi connectivity index (χ0v) is 24.0. The number of aliphatic hydroxyl groups is 2. The molecule has 4 N–H and O–H groups in total. The maximum absolute atomic E-state index is 13.4. The number of amides is 3. The molecule has 0 spiro atoms. The topological polar surface area (TPSA) is 119 Å². The van der Waals surface area contributed by atoms with Gasteiger partial charge in [-0.3, -0.25) is 14.4 Å². The second-order valence-electron chi connectivity index (χ2n) is 10.9. The third kappa shape index (κ3) is 10.1. The third-order valence-electron chi connectivity index (χ3n) is 6.42. The van der Waals surface area contributed by atoms with Crippen molar-refractivity contribution in [2.75, 3.05) is 19.6 Å². The average molecular weight is 520 g/mol. The van der Waals surface area contributed by atoms with Crippen LogP contribution in [0.4, 0.5) is 0 Å². The molecule has 3 amide bonds. The summed E-state index contributed by atoms with van der Waals surface area (Å²) in [4.78, 5) is 40.7. The molecule has 4 atom stereocenters. The summed E-state index contributed by atoms with van der Waals surface area (Å²) >= 11 is 0. The van der Waals surface area contributed by atoms with Crippen molar-refractivity contribution in [2.45, 2.75) is 92.9 Å². The Hall–Kier alpha value is -2.45. The fourth-order valence-corrected chi connectivity index (χ4v) is 4.23. The van der Waals surface area contributed by atoms with Crippen molar-refractivity contribution in [3.8, 4) is 0 Å². The fraction of sp³-hybridized carbons (Fsp3) is 0.690. The molecule has 0 fully saturated rings. The number of nitrogens with zero attached hydrogens (tertiary/aromatic N) is 1. The molecule has 0 aliphatic rings. The molecule has 8 heteroatoms. The zero-order valence-electron chi connectivity index (χ0n) is 24.0. The highest BCUT2D eigenvalue weighted by Crippen LogP contribution is 2.19. The van der Waals surface area contributed by atoms with Gasteiger partial charge in [0.15, 0.2) is 0 Å². The molecule has 210 valence electrons. The van der Waals surface area contributed by atoms with Gasteiger partial charge in [-0.25, -0.2) is 0 Å². The molecule has 0 aromatic heterocycles. The van der Waals surface area contributed by atoms with E-state index in [0.717, 1.165) is 12.8 Å². The quantitative estimate of drug-likeness (QED) is 0.283. The Kier molecular flexibility index (Phi) is 13.8. The minimum Gasteiger partial charge on any atom is -0.390 e. The molecule has 0 radical (unpaired) electrons. The summed E-state index contributed by atoms with van der Waals surface area (Å²) in [6, 6.07) is 4.30. The summed E-state index contributed by atoms with van der Waals surface area (Å²) in [6.45, 7) is 17.0. The van der Waals surface area contributed by atoms with Crippen molar-refractivity contribution in [1.82, 2.24) is 15.5 Å². The Morgan fingerprint density at radius 2 is 1.51 bits per heavy atom. The molecular formula is C29H49N3O5. The Bertz CT molecular complexity index is 880. The number of hydrogen-bond acceptors (Lipinski definition) is 5. The van der Waals surface area contributed by atoms with Crippen LogP contribution < -0.4 is 10.6 Å². The average Bonchev–Trinajstić information content (AvgIpc) is 2.84. The molecule has 0 aliphatic heterocycles. The van der Waals surface area contributed by atoms with Crippen molar-refractivity contribution in [1.29, 1.82) is 0 Å². The molecule has 8 nitrogen and oxygen atoms in total. The number of nitrogens with one attached hydrogen (secondary N) is 2. The summed E-state index contributed by atoms with van der Waals surface area (Å²) in [6.07, 6.45) is -0.614. The second kappa shape index (κ2) is 15.7. The monoisotopic (exact) mass is 519 g/mol. The van der Waals surface area contributed by atoms with Gasteiger partial charge in [0.1, 0.15) is 6.10 Å². The Morgan fingerprint density at radius 3 is 2.03 bits per heavy atom. The summed E-state index contributed by atoms with van der Waals surface area (Å²) in [7, 11) is 0. The van der Waals surface area contributed by atoms with E-state index in [4.69, 9.17) is 0 Å². The lowest BCUT2D eigenvalue weighted by molar-refractivity contribution is -0.132. The highest BCUT2D eigenvalue weighted by atomic mass is 16.3. The maximum atomic E-state index is 13.4. The number of rotatable bonds is 15. The standard InChI is InChI=1S/C29H49N3O5/c1-9-13-32(14-10-2)29(37)22-12-11-20(7)23(16-22)28(36)31-24(15-18(3)4)26(34)25(33)21(8)27(35)30-17-19(5)6/h11-12,16,18-19,21,24-26,33-34H,9-10,13-15,17H2,1-8H3,(H,30,35)(H,31,36)/t21-,24+,25-,26-/m1/s1. The van der Waals surface area contributed by atoms with Gasteiger partial charge in [-0.05, 0) is 55.7 Å². The van der Waals surface area contributed by atoms with Crippen LogP contribution >= 0.6 is 0 Å². The van der Waals surface area contributed by atoms with Crippen LogP contribution in [0.3, 0.4) is 0 Å². The lowest BCUT2D eigenvalue weighted by atomic mass is 9.89. The van der Waals surface area contributed by atoms with E-state index in [0.29, 0.717) is 42.7 Å². The molecule has 1 aromatic rings. The van der Waals surface area contributed by atoms with Crippen molar-refractivity contribution in [3.63, 3.8) is 0 Å². The van der Waals surface area contributed by atoms with Crippen molar-refractivity contribution in [2.24, 2.45) is 17.8 Å². The maximum Gasteiger partial charge on any atom is 0.253 e. The highest BCUT2D eigenvalue weighted by Gasteiger charge is 2.35. The van der Waals surface area contributed by atoms with Crippen LogP contribution in [0.1, 0.15) is 94.0 Å². The molecule has 0 saturated carbocycles. The molecular weight excluding hydrogens is 470 g/mol. The lowest BCUT2D eigenvalue weighted by Gasteiger charge is -2.31. The van der Waals surface area contributed by atoms with E-state index in [2.05, 4.69) is 10.6 Å². The van der Waals surface area contributed by atoms with Crippen molar-refractivity contribution in [3.05, 3.63) is 34.9 Å². The SMILES string of the molecule is CCCN(CCC)C(=O)c1ccc(C)c(C(=O)N[C@@H](CC(C)C)[C@@H](O)[C@H](O)[C@@H](C)C(=O)NCC(C)C)c1. The van der Waals surface area contributed by atoms with Crippen LogP contribution in [-0.2, 0) is 4.79 Å². The van der Waals surface area contributed by atoms with E-state index in [-0.39, 0.29) is 23.7 Å². The van der Waals surface area contributed by atoms with Gasteiger partial charge in [-0.1, -0.05) is 54.5 Å². The van der Waals surface area contributed by atoms with Gasteiger partial charge >= 0.3 is 0 Å². The molecule has 1 rings (SSSR count). The number of benzene rings is 1. The van der Waals surface area contributed by atoms with Crippen molar-refractivity contribution < 1.29 is 24.6 Å². The van der Waals surface area contributed by atoms with E-state index in [1.54, 1.807) is 36.9 Å². The summed E-state index contributed by atoms with van der Waals surface area (Å²) in [5.74, 6) is -1.38. The zero-order chi connectivity index (χ0) is 28.3. The number of carbonyl (C=O) groups is 3. The van der Waals surface area contributed by atoms with Crippen LogP contribution in [0.15, 0.2) is 18.2 Å². The van der Waals surface area contributed by atoms with E-state index < -0.39 is 30.1 Å². The van der Waals surface area contributed by atoms with Gasteiger partial charge in [-0.2, -0.15) is 0 Å². The molecule has 0 unspecified atom stereocenters. The number of carbonyl (C=O) groups excluding carboxylic acids is 3. The summed E-state index contributed by atoms with van der Waals surface area (Å²) < 4.78 is 0. The largest absolute Gasteiger partial charge is 0.390 e. The van der Waals surface area contributed by atoms with Gasteiger partial charge < -0.3 is 25.7 Å². The van der Waals surface area contributed by atoms with Gasteiger partial charge in [0.05, 0.1) is 18.1 Å². The van der Waals surface area contributed by atoms with E-state index in [9.17, 15) is 24.6 Å². The Morgan fingerprint density at radius 1 is 0.919 bits per heavy atom. The second-order valence-corrected chi connectivity index (χ2v) is 10.9. The predicted molar refractivity (Wildman–Crippen MR) is 147 cm³/mol. The molecule has 0 bridgehead atoms. The van der Waals surface area contributed by atoms with E-state index in [1.165, 1.54) is 0 Å². The van der Waals surface area contributed by atoms with Crippen LogP contribution in [0.5, 0.6) is 0 Å². The molecule has 37 heavy (non-hydrogen) atoms. The van der Waals surface area contributed by atoms with Crippen molar-refractivity contribution >= 4 is 17.7 Å². The number of aliphatic hydroxyl groups excluding tert-OH is 2. The number of aryl methyl sites for hydroxylation is 1. The van der Waals surface area contributed by atoms with Crippen LogP contribution in [0.25, 0.3) is 0 Å². The first-order valence-electron chi connectivity index (χ1n) is 13.7.